The molecule has 0 aliphatic heterocycles. The molecule has 0 aromatic carbocycles. The van der Waals surface area contributed by atoms with E-state index >= 15 is 0 Å². The van der Waals surface area contributed by atoms with Crippen molar-refractivity contribution in [2.45, 2.75) is 45.4 Å². The van der Waals surface area contributed by atoms with Crippen molar-refractivity contribution in [3.63, 3.8) is 0 Å². The highest BCUT2D eigenvalue weighted by molar-refractivity contribution is 5.90. The number of aliphatic carboxylic acids is 1. The molecule has 1 aromatic rings. The molecule has 0 bridgehead atoms. The van der Waals surface area contributed by atoms with Gasteiger partial charge >= 0.3 is 5.97 Å². The van der Waals surface area contributed by atoms with Gasteiger partial charge in [0.25, 0.3) is 5.91 Å². The molecule has 1 fully saturated rings. The highest BCUT2D eigenvalue weighted by Gasteiger charge is 2.35. The number of carbonyl (C=O) groups excluding carboxylic acids is 1. The summed E-state index contributed by atoms with van der Waals surface area (Å²) in [7, 11) is 0. The van der Waals surface area contributed by atoms with Gasteiger partial charge in [-0.3, -0.25) is 14.7 Å². The summed E-state index contributed by atoms with van der Waals surface area (Å²) in [5, 5.41) is 18.3. The molecule has 20 heavy (non-hydrogen) atoms. The predicted octanol–water partition coefficient (Wildman–Crippen LogP) is 1.27. The van der Waals surface area contributed by atoms with Gasteiger partial charge < -0.3 is 10.4 Å². The van der Waals surface area contributed by atoms with Gasteiger partial charge in [0.1, 0.15) is 5.82 Å². The maximum atomic E-state index is 11.9. The summed E-state index contributed by atoms with van der Waals surface area (Å²) < 4.78 is 0. The zero-order valence-electron chi connectivity index (χ0n) is 11.6. The molecular formula is C13H20N4O3. The third kappa shape index (κ3) is 3.55. The van der Waals surface area contributed by atoms with Crippen molar-refractivity contribution in [1.82, 2.24) is 20.5 Å². The van der Waals surface area contributed by atoms with Gasteiger partial charge in [-0.1, -0.05) is 19.3 Å². The maximum absolute atomic E-state index is 11.9. The molecule has 7 nitrogen and oxygen atoms in total. The Labute approximate surface area is 117 Å². The number of carbonyl (C=O) groups is 2. The Balaban J connectivity index is 1.97. The van der Waals surface area contributed by atoms with Crippen LogP contribution in [0.4, 0.5) is 0 Å². The summed E-state index contributed by atoms with van der Waals surface area (Å²) in [4.78, 5) is 26.9. The number of amides is 1. The number of carboxylic acids is 1. The Hall–Kier alpha value is -1.92. The first-order chi connectivity index (χ1) is 9.51. The highest BCUT2D eigenvalue weighted by atomic mass is 16.4. The molecule has 0 atom stereocenters. The number of nitrogens with one attached hydrogen (secondary N) is 2. The third-order valence-corrected chi connectivity index (χ3v) is 3.86. The molecule has 0 unspecified atom stereocenters. The lowest BCUT2D eigenvalue weighted by Gasteiger charge is -2.36. The van der Waals surface area contributed by atoms with Crippen molar-refractivity contribution in [1.29, 1.82) is 0 Å². The van der Waals surface area contributed by atoms with Crippen LogP contribution >= 0.6 is 0 Å². The highest BCUT2D eigenvalue weighted by Crippen LogP contribution is 2.38. The Bertz CT molecular complexity index is 492. The van der Waals surface area contributed by atoms with Gasteiger partial charge in [-0.2, -0.15) is 0 Å². The normalized spacial score (nSPS) is 17.6. The van der Waals surface area contributed by atoms with E-state index in [1.807, 2.05) is 0 Å². The van der Waals surface area contributed by atoms with Crippen LogP contribution in [0.15, 0.2) is 0 Å². The van der Waals surface area contributed by atoms with Crippen molar-refractivity contribution in [2.75, 3.05) is 6.54 Å². The quantitative estimate of drug-likeness (QED) is 0.752. The standard InChI is InChI=1S/C13H20N4O3/c1-9-15-11(17-16-9)12(20)14-8-13(7-10(18)19)5-3-2-4-6-13/h2-8H2,1H3,(H,14,20)(H,18,19)(H,15,16,17). The summed E-state index contributed by atoms with van der Waals surface area (Å²) in [6.45, 7) is 2.09. The lowest BCUT2D eigenvalue weighted by molar-refractivity contribution is -0.140. The molecule has 1 aliphatic carbocycles. The molecule has 7 heteroatoms. The van der Waals surface area contributed by atoms with Crippen LogP contribution in [0, 0.1) is 12.3 Å². The summed E-state index contributed by atoms with van der Waals surface area (Å²) in [5.74, 6) is -0.489. The van der Waals surface area contributed by atoms with E-state index in [2.05, 4.69) is 20.5 Å². The molecule has 1 heterocycles. The van der Waals surface area contributed by atoms with Crippen molar-refractivity contribution in [3.8, 4) is 0 Å². The Morgan fingerprint density at radius 1 is 1.35 bits per heavy atom. The third-order valence-electron chi connectivity index (χ3n) is 3.86. The van der Waals surface area contributed by atoms with Gasteiger partial charge in [0, 0.05) is 6.54 Å². The molecule has 3 N–H and O–H groups in total. The van der Waals surface area contributed by atoms with Crippen LogP contribution in [0.25, 0.3) is 0 Å². The van der Waals surface area contributed by atoms with E-state index in [-0.39, 0.29) is 23.6 Å². The Morgan fingerprint density at radius 3 is 2.60 bits per heavy atom. The summed E-state index contributed by atoms with van der Waals surface area (Å²) in [5.41, 5.74) is -0.328. The number of aromatic amines is 1. The first kappa shape index (κ1) is 14.5. The monoisotopic (exact) mass is 280 g/mol. The lowest BCUT2D eigenvalue weighted by atomic mass is 9.71. The second-order valence-corrected chi connectivity index (χ2v) is 5.56. The van der Waals surface area contributed by atoms with Crippen LogP contribution < -0.4 is 5.32 Å². The number of aromatic nitrogens is 3. The van der Waals surface area contributed by atoms with Crippen LogP contribution in [0.3, 0.4) is 0 Å². The molecule has 0 spiro atoms. The Morgan fingerprint density at radius 2 is 2.05 bits per heavy atom. The minimum atomic E-state index is -0.810. The van der Waals surface area contributed by atoms with Crippen LogP contribution in [-0.2, 0) is 4.79 Å². The number of aryl methyl sites for hydroxylation is 1. The molecule has 0 saturated heterocycles. The molecular weight excluding hydrogens is 260 g/mol. The van der Waals surface area contributed by atoms with E-state index in [0.29, 0.717) is 12.4 Å². The van der Waals surface area contributed by atoms with Gasteiger partial charge in [0.2, 0.25) is 5.82 Å². The van der Waals surface area contributed by atoms with Crippen molar-refractivity contribution in [2.24, 2.45) is 5.41 Å². The largest absolute Gasteiger partial charge is 0.481 e. The van der Waals surface area contributed by atoms with Crippen LogP contribution in [0.1, 0.15) is 55.0 Å². The molecule has 1 saturated carbocycles. The second-order valence-electron chi connectivity index (χ2n) is 5.56. The van der Waals surface area contributed by atoms with E-state index in [1.54, 1.807) is 6.92 Å². The number of nitrogens with zero attached hydrogens (tertiary/aromatic N) is 2. The van der Waals surface area contributed by atoms with Crippen LogP contribution in [0.5, 0.6) is 0 Å². The Kier molecular flexibility index (Phi) is 4.36. The van der Waals surface area contributed by atoms with E-state index in [1.165, 1.54) is 0 Å². The number of hydrogen-bond donors (Lipinski definition) is 3. The van der Waals surface area contributed by atoms with Gasteiger partial charge in [-0.05, 0) is 25.2 Å². The number of hydrogen-bond acceptors (Lipinski definition) is 4. The minimum Gasteiger partial charge on any atom is -0.481 e. The molecule has 0 radical (unpaired) electrons. The molecule has 1 aromatic heterocycles. The van der Waals surface area contributed by atoms with Crippen molar-refractivity contribution >= 4 is 11.9 Å². The smallest absolute Gasteiger partial charge is 0.303 e. The fourth-order valence-corrected chi connectivity index (χ4v) is 2.83. The summed E-state index contributed by atoms with van der Waals surface area (Å²) >= 11 is 0. The van der Waals surface area contributed by atoms with Crippen LogP contribution in [0.2, 0.25) is 0 Å². The molecule has 2 rings (SSSR count). The predicted molar refractivity (Wildman–Crippen MR) is 71.2 cm³/mol. The first-order valence-corrected chi connectivity index (χ1v) is 6.90. The van der Waals surface area contributed by atoms with E-state index in [9.17, 15) is 9.59 Å². The first-order valence-electron chi connectivity index (χ1n) is 6.90. The summed E-state index contributed by atoms with van der Waals surface area (Å²) in [6.07, 6.45) is 4.95. The van der Waals surface area contributed by atoms with Gasteiger partial charge in [-0.25, -0.2) is 4.98 Å². The minimum absolute atomic E-state index is 0.0975. The van der Waals surface area contributed by atoms with E-state index in [0.717, 1.165) is 32.1 Å². The average molecular weight is 280 g/mol. The zero-order chi connectivity index (χ0) is 14.6. The lowest BCUT2D eigenvalue weighted by Crippen LogP contribution is -2.40. The SMILES string of the molecule is Cc1nc(C(=O)NCC2(CC(=O)O)CCCCC2)n[nH]1. The fourth-order valence-electron chi connectivity index (χ4n) is 2.83. The van der Waals surface area contributed by atoms with Gasteiger partial charge in [0.15, 0.2) is 0 Å². The number of rotatable bonds is 5. The van der Waals surface area contributed by atoms with Gasteiger partial charge in [-0.15, -0.1) is 5.10 Å². The maximum Gasteiger partial charge on any atom is 0.303 e. The van der Waals surface area contributed by atoms with E-state index in [4.69, 9.17) is 5.11 Å². The van der Waals surface area contributed by atoms with Gasteiger partial charge in [0.05, 0.1) is 6.42 Å². The zero-order valence-corrected chi connectivity index (χ0v) is 11.6. The van der Waals surface area contributed by atoms with Crippen molar-refractivity contribution < 1.29 is 14.7 Å². The number of carboxylic acid groups (broad SMARTS) is 1. The van der Waals surface area contributed by atoms with Crippen LogP contribution in [-0.4, -0.2) is 38.7 Å². The fraction of sp³-hybridized carbons (Fsp3) is 0.692. The molecule has 110 valence electrons. The van der Waals surface area contributed by atoms with E-state index < -0.39 is 5.97 Å². The molecule has 1 amide bonds. The molecule has 1 aliphatic rings. The number of H-pyrrole nitrogens is 1. The topological polar surface area (TPSA) is 108 Å². The second kappa shape index (κ2) is 6.02. The van der Waals surface area contributed by atoms with Crippen molar-refractivity contribution in [3.05, 3.63) is 11.6 Å². The average Bonchev–Trinajstić information content (AvgIpc) is 2.83. The summed E-state index contributed by atoms with van der Waals surface area (Å²) in [6, 6.07) is 0.